The van der Waals surface area contributed by atoms with Crippen molar-refractivity contribution < 1.29 is 94.5 Å². The summed E-state index contributed by atoms with van der Waals surface area (Å²) in [6, 6.07) is 19.2. The van der Waals surface area contributed by atoms with Crippen LogP contribution in [0.5, 0.6) is 11.5 Å². The number of aliphatic imine (C=N–C) groups is 2. The summed E-state index contributed by atoms with van der Waals surface area (Å²) < 4.78 is 91.5. The van der Waals surface area contributed by atoms with Gasteiger partial charge in [0.1, 0.15) is 23.6 Å². The molecular weight excluding hydrogens is 1100 g/mol. The number of esters is 2. The van der Waals surface area contributed by atoms with Crippen LogP contribution >= 0.6 is 0 Å². The number of hydrogen-bond acceptors (Lipinski definition) is 18. The van der Waals surface area contributed by atoms with Gasteiger partial charge in [-0.1, -0.05) is 24.3 Å². The number of carbonyl (C=O) groups excluding carboxylic acids is 2. The Morgan fingerprint density at radius 2 is 0.762 bits per heavy atom. The zero-order chi connectivity index (χ0) is 58.8. The minimum Gasteiger partial charge on any atom is -0.481 e. The quantitative estimate of drug-likeness (QED) is 0.00921. The molecule has 0 radical (unpaired) electrons. The standard InChI is InChI=1S/C48H60N10O20S2/c49-47(50)55-35-9-5-33(6-10-35)45(67)77-37-13-1-31(2-14-37)29-53-79(69,70)57(39(43(63)64)27-41(59)60)17-19-73-21-23-75-25-26-76-24-22-74-20-18-58(40(44(65)66)28-42(61)62)80(71,72)54-30-32-3-15-38(16-4-32)78-46(68)34-7-11-36(12-8-34)56-48(51)52/h1-16,39-40,53-54H,17-30H2,(H,59,60)(H,61,62)(H,63,64)(H,65,66)(H4,49,50,55)(H4,51,52,56). The molecular formula is C48H60N10O20S2. The van der Waals surface area contributed by atoms with Crippen LogP contribution in [0.25, 0.3) is 0 Å². The fraction of sp³-hybridized carbons (Fsp3) is 0.333. The highest BCUT2D eigenvalue weighted by Crippen LogP contribution is 2.20. The first-order valence-electron chi connectivity index (χ1n) is 23.7. The fourth-order valence-electron chi connectivity index (χ4n) is 6.75. The van der Waals surface area contributed by atoms with E-state index in [-0.39, 0.29) is 100 Å². The van der Waals surface area contributed by atoms with Crippen LogP contribution in [0.4, 0.5) is 11.4 Å². The van der Waals surface area contributed by atoms with Crippen molar-refractivity contribution in [2.24, 2.45) is 32.9 Å². The molecule has 80 heavy (non-hydrogen) atoms. The molecule has 0 aliphatic heterocycles. The first-order chi connectivity index (χ1) is 37.9. The molecule has 0 heterocycles. The van der Waals surface area contributed by atoms with Crippen LogP contribution in [-0.4, -0.2) is 172 Å². The number of nitrogens with zero attached hydrogens (tertiary/aromatic N) is 4. The summed E-state index contributed by atoms with van der Waals surface area (Å²) in [6.07, 6.45) is -2.13. The number of aliphatic carboxylic acids is 4. The molecule has 4 aromatic rings. The summed E-state index contributed by atoms with van der Waals surface area (Å²) in [4.78, 5) is 80.1. The van der Waals surface area contributed by atoms with Gasteiger partial charge in [-0.05, 0) is 83.9 Å². The summed E-state index contributed by atoms with van der Waals surface area (Å²) >= 11 is 0. The second-order valence-electron chi connectivity index (χ2n) is 16.5. The number of hydrogen-bond donors (Lipinski definition) is 10. The number of nitrogens with one attached hydrogen (secondary N) is 2. The van der Waals surface area contributed by atoms with E-state index in [1.54, 1.807) is 0 Å². The zero-order valence-electron chi connectivity index (χ0n) is 42.5. The number of carboxylic acids is 4. The van der Waals surface area contributed by atoms with Crippen molar-refractivity contribution in [2.75, 3.05) is 65.9 Å². The Morgan fingerprint density at radius 1 is 0.463 bits per heavy atom. The number of rotatable bonds is 37. The Morgan fingerprint density at radius 3 is 1.04 bits per heavy atom. The van der Waals surface area contributed by atoms with Crippen molar-refractivity contribution in [2.45, 2.75) is 38.0 Å². The normalized spacial score (nSPS) is 12.3. The molecule has 0 bridgehead atoms. The van der Waals surface area contributed by atoms with Crippen LogP contribution in [0.3, 0.4) is 0 Å². The highest BCUT2D eigenvalue weighted by atomic mass is 32.2. The molecule has 0 aliphatic rings. The number of carboxylic acid groups (broad SMARTS) is 4. The molecule has 434 valence electrons. The topological polar surface area (TPSA) is 466 Å². The molecule has 2 atom stereocenters. The second kappa shape index (κ2) is 32.0. The molecule has 0 aromatic heterocycles. The Balaban J connectivity index is 1.17. The summed E-state index contributed by atoms with van der Waals surface area (Å²) in [5, 5.41) is 38.3. The Hall–Kier alpha value is -8.18. The highest BCUT2D eigenvalue weighted by Gasteiger charge is 2.37. The van der Waals surface area contributed by atoms with Crippen LogP contribution in [0.2, 0.25) is 0 Å². The van der Waals surface area contributed by atoms with E-state index >= 15 is 0 Å². The molecule has 2 unspecified atom stereocenters. The van der Waals surface area contributed by atoms with Gasteiger partial charge in [-0.2, -0.15) is 34.9 Å². The van der Waals surface area contributed by atoms with Crippen molar-refractivity contribution in [1.82, 2.24) is 18.1 Å². The highest BCUT2D eigenvalue weighted by molar-refractivity contribution is 7.87. The van der Waals surface area contributed by atoms with Crippen LogP contribution in [0.15, 0.2) is 107 Å². The summed E-state index contributed by atoms with van der Waals surface area (Å²) in [6.45, 7) is -2.79. The lowest BCUT2D eigenvalue weighted by Crippen LogP contribution is -2.51. The van der Waals surface area contributed by atoms with Gasteiger partial charge >= 0.3 is 35.8 Å². The van der Waals surface area contributed by atoms with E-state index in [2.05, 4.69) is 19.4 Å². The van der Waals surface area contributed by atoms with Gasteiger partial charge < -0.3 is 71.8 Å². The predicted octanol–water partition coefficient (Wildman–Crippen LogP) is -0.170. The van der Waals surface area contributed by atoms with Crippen molar-refractivity contribution in [3.8, 4) is 11.5 Å². The molecule has 32 heteroatoms. The van der Waals surface area contributed by atoms with Crippen molar-refractivity contribution in [1.29, 1.82) is 0 Å². The second-order valence-corrected chi connectivity index (χ2v) is 19.9. The average molecular weight is 1160 g/mol. The molecule has 0 saturated heterocycles. The molecule has 0 spiro atoms. The van der Waals surface area contributed by atoms with E-state index in [9.17, 15) is 66.0 Å². The van der Waals surface area contributed by atoms with Gasteiger partial charge in [-0.3, -0.25) is 19.2 Å². The largest absolute Gasteiger partial charge is 0.481 e. The molecule has 4 aromatic carbocycles. The van der Waals surface area contributed by atoms with Crippen molar-refractivity contribution in [3.05, 3.63) is 119 Å². The Labute approximate surface area is 458 Å². The summed E-state index contributed by atoms with van der Waals surface area (Å²) in [7, 11) is -9.31. The maximum atomic E-state index is 13.4. The molecule has 0 fully saturated rings. The summed E-state index contributed by atoms with van der Waals surface area (Å²) in [5.74, 6) is -8.07. The lowest BCUT2D eigenvalue weighted by atomic mass is 10.2. The van der Waals surface area contributed by atoms with Crippen molar-refractivity contribution in [3.63, 3.8) is 0 Å². The minimum atomic E-state index is -4.65. The third-order valence-electron chi connectivity index (χ3n) is 10.6. The third-order valence-corrected chi connectivity index (χ3v) is 13.7. The van der Waals surface area contributed by atoms with E-state index in [1.165, 1.54) is 97.1 Å². The average Bonchev–Trinajstić information content (AvgIpc) is 3.44. The predicted molar refractivity (Wildman–Crippen MR) is 282 cm³/mol. The molecule has 4 rings (SSSR count). The SMILES string of the molecule is NC(N)=Nc1ccc(C(=O)Oc2ccc(CNS(=O)(=O)N(CCOCCOCCOCCOCCN(C(CC(=O)O)C(=O)O)S(=O)(=O)NCc3ccc(OC(=O)c4ccc(N=C(N)N)cc4)cc3)C(CC(=O)O)C(=O)O)cc2)cc1. The maximum Gasteiger partial charge on any atom is 0.343 e. The molecule has 0 saturated carbocycles. The number of guanidine groups is 2. The lowest BCUT2D eigenvalue weighted by Gasteiger charge is -2.27. The summed E-state index contributed by atoms with van der Waals surface area (Å²) in [5.41, 5.74) is 23.4. The van der Waals surface area contributed by atoms with Gasteiger partial charge in [0.25, 0.3) is 20.4 Å². The minimum absolute atomic E-state index is 0.0285. The van der Waals surface area contributed by atoms with Crippen LogP contribution in [0.1, 0.15) is 44.7 Å². The van der Waals surface area contributed by atoms with Gasteiger partial charge in [0.15, 0.2) is 11.9 Å². The Bertz CT molecular complexity index is 2800. The lowest BCUT2D eigenvalue weighted by molar-refractivity contribution is -0.148. The van der Waals surface area contributed by atoms with E-state index < -0.39 is 94.2 Å². The van der Waals surface area contributed by atoms with Crippen LogP contribution in [-0.2, 0) is 71.6 Å². The molecule has 0 amide bonds. The molecule has 0 aliphatic carbocycles. The van der Waals surface area contributed by atoms with Crippen molar-refractivity contribution >= 4 is 79.5 Å². The number of ether oxygens (including phenoxy) is 6. The van der Waals surface area contributed by atoms with E-state index in [4.69, 9.17) is 51.4 Å². The van der Waals surface area contributed by atoms with E-state index in [0.717, 1.165) is 0 Å². The van der Waals surface area contributed by atoms with Crippen LogP contribution in [0, 0.1) is 0 Å². The number of benzene rings is 4. The maximum absolute atomic E-state index is 13.4. The molecule has 14 N–H and O–H groups in total. The monoisotopic (exact) mass is 1160 g/mol. The first kappa shape index (κ1) is 64.3. The number of carbonyl (C=O) groups is 6. The smallest absolute Gasteiger partial charge is 0.343 e. The third kappa shape index (κ3) is 22.7. The van der Waals surface area contributed by atoms with Crippen LogP contribution < -0.4 is 41.9 Å². The van der Waals surface area contributed by atoms with E-state index in [1.807, 2.05) is 0 Å². The molecule has 30 nitrogen and oxygen atoms in total. The fourth-order valence-corrected chi connectivity index (χ4v) is 9.41. The van der Waals surface area contributed by atoms with Gasteiger partial charge in [0, 0.05) is 26.2 Å². The zero-order valence-corrected chi connectivity index (χ0v) is 44.2. The van der Waals surface area contributed by atoms with Gasteiger partial charge in [0.05, 0.1) is 88.2 Å². The first-order valence-corrected chi connectivity index (χ1v) is 26.6. The van der Waals surface area contributed by atoms with E-state index in [0.29, 0.717) is 31.1 Å². The van der Waals surface area contributed by atoms with Gasteiger partial charge in [-0.25, -0.2) is 19.6 Å². The van der Waals surface area contributed by atoms with Gasteiger partial charge in [0.2, 0.25) is 0 Å². The number of nitrogens with two attached hydrogens (primary N) is 4. The van der Waals surface area contributed by atoms with Gasteiger partial charge in [-0.15, -0.1) is 0 Å². The Kier molecular flexibility index (Phi) is 25.8.